The summed E-state index contributed by atoms with van der Waals surface area (Å²) in [6, 6.07) is 5.78. The first-order chi connectivity index (χ1) is 16.7. The summed E-state index contributed by atoms with van der Waals surface area (Å²) in [7, 11) is 0.785. The van der Waals surface area contributed by atoms with E-state index in [0.717, 1.165) is 36.2 Å². The van der Waals surface area contributed by atoms with Gasteiger partial charge in [-0.25, -0.2) is 8.42 Å². The van der Waals surface area contributed by atoms with Crippen molar-refractivity contribution < 1.29 is 45.9 Å². The molecule has 0 N–H and O–H groups in total. The summed E-state index contributed by atoms with van der Waals surface area (Å²) in [4.78, 5) is -0.178. The Morgan fingerprint density at radius 3 is 1.34 bits per heavy atom. The molecule has 0 aliphatic carbocycles. The number of nitrogens with zero attached hydrogens (tertiary/aromatic N) is 1. The maximum atomic E-state index is 10.4. The fourth-order valence-electron chi connectivity index (χ4n) is 3.02. The number of aryl methyl sites for hydroxylation is 1. The topological polar surface area (TPSA) is 113 Å². The van der Waals surface area contributed by atoms with Crippen molar-refractivity contribution in [2.24, 2.45) is 0 Å². The van der Waals surface area contributed by atoms with Gasteiger partial charge in [-0.1, -0.05) is 17.7 Å². The monoisotopic (exact) mass is 523 g/mol. The highest BCUT2D eigenvalue weighted by atomic mass is 32.2. The molecule has 1 aromatic rings. The Balaban J connectivity index is 0.000000867. The fraction of sp³-hybridized carbons (Fsp3) is 0.750. The lowest BCUT2D eigenvalue weighted by molar-refractivity contribution is -0.927. The second kappa shape index (κ2) is 21.0. The van der Waals surface area contributed by atoms with Crippen LogP contribution in [-0.2, 0) is 38.5 Å². The Morgan fingerprint density at radius 2 is 1.06 bits per heavy atom. The third-order valence-corrected chi connectivity index (χ3v) is 6.26. The van der Waals surface area contributed by atoms with E-state index in [9.17, 15) is 13.0 Å². The van der Waals surface area contributed by atoms with Gasteiger partial charge >= 0.3 is 0 Å². The van der Waals surface area contributed by atoms with Gasteiger partial charge in [-0.15, -0.1) is 0 Å². The molecule has 0 saturated heterocycles. The molecular weight excluding hydrogens is 478 g/mol. The van der Waals surface area contributed by atoms with E-state index in [0.29, 0.717) is 59.5 Å². The molecule has 1 rings (SSSR count). The highest BCUT2D eigenvalue weighted by Gasteiger charge is 2.25. The van der Waals surface area contributed by atoms with Crippen LogP contribution in [-0.4, -0.2) is 124 Å². The van der Waals surface area contributed by atoms with Gasteiger partial charge in [0.1, 0.15) is 29.8 Å². The molecule has 0 atom stereocenters. The van der Waals surface area contributed by atoms with Crippen LogP contribution in [0.15, 0.2) is 29.2 Å². The van der Waals surface area contributed by atoms with Crippen molar-refractivity contribution in [2.45, 2.75) is 18.7 Å². The largest absolute Gasteiger partial charge is 0.744 e. The zero-order chi connectivity index (χ0) is 26.4. The van der Waals surface area contributed by atoms with E-state index < -0.39 is 10.1 Å². The normalized spacial score (nSPS) is 11.8. The van der Waals surface area contributed by atoms with Crippen LogP contribution in [0.5, 0.6) is 0 Å². The first kappa shape index (κ1) is 33.8. The van der Waals surface area contributed by atoms with Crippen LogP contribution in [0.3, 0.4) is 0 Å². The quantitative estimate of drug-likeness (QED) is 0.143. The lowest BCUT2D eigenvalue weighted by Crippen LogP contribution is -2.53. The Morgan fingerprint density at radius 1 is 0.686 bits per heavy atom. The summed E-state index contributed by atoms with van der Waals surface area (Å²) < 4.78 is 64.1. The van der Waals surface area contributed by atoms with Gasteiger partial charge in [-0.2, -0.15) is 0 Å². The number of hydrogen-bond donors (Lipinski definition) is 0. The maximum absolute atomic E-state index is 10.4. The van der Waals surface area contributed by atoms with Gasteiger partial charge in [0.2, 0.25) is 0 Å². The Kier molecular flexibility index (Phi) is 20.3. The molecular formula is C24H45NO9S. The van der Waals surface area contributed by atoms with Gasteiger partial charge in [0.05, 0.1) is 70.9 Å². The summed E-state index contributed by atoms with van der Waals surface area (Å²) in [5, 5.41) is 0. The zero-order valence-corrected chi connectivity index (χ0v) is 22.8. The average molecular weight is 524 g/mol. The van der Waals surface area contributed by atoms with Gasteiger partial charge in [0.25, 0.3) is 0 Å². The summed E-state index contributed by atoms with van der Waals surface area (Å²) in [6.07, 6.45) is 0. The molecule has 0 unspecified atom stereocenters. The smallest absolute Gasteiger partial charge is 0.124 e. The van der Waals surface area contributed by atoms with Gasteiger partial charge in [-0.05, 0) is 26.0 Å². The molecule has 35 heavy (non-hydrogen) atoms. The number of likely N-dealkylation sites (N-methyl/N-ethyl adjacent to an activating group) is 1. The summed E-state index contributed by atoms with van der Waals surface area (Å²) in [5.41, 5.74) is 0.928. The molecule has 11 heteroatoms. The van der Waals surface area contributed by atoms with Crippen molar-refractivity contribution in [3.8, 4) is 0 Å². The van der Waals surface area contributed by atoms with E-state index in [-0.39, 0.29) is 4.90 Å². The van der Waals surface area contributed by atoms with Crippen LogP contribution in [0.1, 0.15) is 12.5 Å². The first-order valence-electron chi connectivity index (χ1n) is 11.8. The van der Waals surface area contributed by atoms with E-state index in [1.54, 1.807) is 33.5 Å². The van der Waals surface area contributed by atoms with Crippen molar-refractivity contribution in [3.05, 3.63) is 29.8 Å². The summed E-state index contributed by atoms with van der Waals surface area (Å²) >= 11 is 0. The van der Waals surface area contributed by atoms with Gasteiger partial charge in [0, 0.05) is 21.3 Å². The second-order valence-electron chi connectivity index (χ2n) is 7.91. The molecule has 1 aromatic carbocycles. The van der Waals surface area contributed by atoms with Crippen molar-refractivity contribution in [2.75, 3.05) is 107 Å². The van der Waals surface area contributed by atoms with Crippen LogP contribution < -0.4 is 0 Å². The molecule has 0 aliphatic heterocycles. The van der Waals surface area contributed by atoms with E-state index in [4.69, 9.17) is 28.4 Å². The minimum atomic E-state index is -4.27. The number of methoxy groups -OCH3 is 3. The van der Waals surface area contributed by atoms with Crippen LogP contribution in [0.4, 0.5) is 0 Å². The van der Waals surface area contributed by atoms with E-state index in [1.807, 2.05) is 6.92 Å². The predicted molar refractivity (Wildman–Crippen MR) is 133 cm³/mol. The van der Waals surface area contributed by atoms with E-state index in [2.05, 4.69) is 6.92 Å². The molecule has 0 aromatic heterocycles. The molecule has 10 nitrogen and oxygen atoms in total. The molecule has 0 amide bonds. The van der Waals surface area contributed by atoms with Crippen LogP contribution in [0, 0.1) is 6.92 Å². The Labute approximate surface area is 211 Å². The van der Waals surface area contributed by atoms with Crippen LogP contribution in [0.2, 0.25) is 0 Å². The molecule has 206 valence electrons. The predicted octanol–water partition coefficient (Wildman–Crippen LogP) is 1.71. The average Bonchev–Trinajstić information content (AvgIpc) is 2.83. The number of rotatable bonds is 20. The van der Waals surface area contributed by atoms with Gasteiger partial charge in [-0.3, -0.25) is 0 Å². The number of benzene rings is 1. The van der Waals surface area contributed by atoms with E-state index in [1.165, 1.54) is 12.1 Å². The van der Waals surface area contributed by atoms with Crippen molar-refractivity contribution in [3.63, 3.8) is 0 Å². The molecule has 0 radical (unpaired) electrons. The zero-order valence-electron chi connectivity index (χ0n) is 22.0. The molecule has 0 saturated carbocycles. The number of ether oxygens (including phenoxy) is 6. The van der Waals surface area contributed by atoms with E-state index >= 15 is 0 Å². The molecule has 0 heterocycles. The summed E-state index contributed by atoms with van der Waals surface area (Å²) in [5.74, 6) is 0. The Hall–Kier alpha value is -1.15. The van der Waals surface area contributed by atoms with Crippen molar-refractivity contribution in [1.82, 2.24) is 0 Å². The minimum Gasteiger partial charge on any atom is -0.744 e. The third-order valence-electron chi connectivity index (χ3n) is 5.41. The van der Waals surface area contributed by atoms with Crippen molar-refractivity contribution in [1.29, 1.82) is 0 Å². The number of quaternary nitrogens is 1. The highest BCUT2D eigenvalue weighted by molar-refractivity contribution is 7.85. The van der Waals surface area contributed by atoms with Gasteiger partial charge < -0.3 is 37.5 Å². The standard InChI is InChI=1S/C17H38NO6.C7H8O3S/c1-5-18(6-9-22-15-12-19-2,7-10-23-16-13-20-3)8-11-24-17-14-21-4;1-6-2-4-7(5-3-6)11(8,9)10/h5-17H2,1-4H3;2-5H,1H3,(H,8,9,10)/q+1;/p-1. The van der Waals surface area contributed by atoms with Crippen LogP contribution in [0.25, 0.3) is 0 Å². The molecule has 0 bridgehead atoms. The lowest BCUT2D eigenvalue weighted by Gasteiger charge is -2.37. The maximum Gasteiger partial charge on any atom is 0.124 e. The highest BCUT2D eigenvalue weighted by Crippen LogP contribution is 2.09. The van der Waals surface area contributed by atoms with Crippen molar-refractivity contribution >= 4 is 10.1 Å². The molecule has 0 spiro atoms. The SMILES string of the molecule is CC[N+](CCOCCOC)(CCOCCOC)CCOCCOC.Cc1ccc(S(=O)(=O)[O-])cc1. The fourth-order valence-corrected chi connectivity index (χ4v) is 3.49. The minimum absolute atomic E-state index is 0.178. The van der Waals surface area contributed by atoms with Crippen LogP contribution >= 0.6 is 0 Å². The summed E-state index contributed by atoms with van der Waals surface area (Å²) in [6.45, 7) is 13.8. The lowest BCUT2D eigenvalue weighted by atomic mass is 10.2. The first-order valence-corrected chi connectivity index (χ1v) is 13.2. The third kappa shape index (κ3) is 17.9. The molecule has 0 aliphatic rings. The molecule has 0 fully saturated rings. The number of hydrogen-bond acceptors (Lipinski definition) is 9. The Bertz CT molecular complexity index is 678. The second-order valence-corrected chi connectivity index (χ2v) is 9.29. The van der Waals surface area contributed by atoms with Gasteiger partial charge in [0.15, 0.2) is 0 Å².